The normalized spacial score (nSPS) is 22.4. The standard InChI is InChI=1S/C27H34N6O4/c1-32(37-2)27(36)18-6-10-24(30-15-18)33-20-7-8-21(33)13-19(12-20)31-26(35)17-5-9-22(25(28)34)23(11-17)29-14-16-3-4-16/h5-6,9-11,15-16,19-21,29H,3-4,7-8,12-14H2,1-2H3,(H2,28,34)(H,31,35). The largest absolute Gasteiger partial charge is 0.384 e. The lowest BCUT2D eigenvalue weighted by molar-refractivity contribution is -0.0757. The van der Waals surface area contributed by atoms with Gasteiger partial charge in [0, 0.05) is 49.2 Å². The van der Waals surface area contributed by atoms with E-state index in [1.807, 2.05) is 6.07 Å². The first-order valence-corrected chi connectivity index (χ1v) is 12.9. The maximum Gasteiger partial charge on any atom is 0.278 e. The smallest absolute Gasteiger partial charge is 0.278 e. The van der Waals surface area contributed by atoms with Crippen molar-refractivity contribution in [3.63, 3.8) is 0 Å². The molecule has 2 bridgehead atoms. The molecular weight excluding hydrogens is 472 g/mol. The van der Waals surface area contributed by atoms with Gasteiger partial charge in [0.05, 0.1) is 18.2 Å². The first-order valence-electron chi connectivity index (χ1n) is 12.9. The number of amides is 3. The average Bonchev–Trinajstić information content (AvgIpc) is 3.70. The van der Waals surface area contributed by atoms with Crippen LogP contribution in [0.15, 0.2) is 36.5 Å². The average molecular weight is 507 g/mol. The van der Waals surface area contributed by atoms with Crippen molar-refractivity contribution in [1.82, 2.24) is 15.4 Å². The van der Waals surface area contributed by atoms with Crippen molar-refractivity contribution < 1.29 is 19.2 Å². The molecule has 10 nitrogen and oxygen atoms in total. The summed E-state index contributed by atoms with van der Waals surface area (Å²) >= 11 is 0. The molecule has 196 valence electrons. The summed E-state index contributed by atoms with van der Waals surface area (Å²) in [5.74, 6) is 0.567. The molecule has 1 aliphatic carbocycles. The first kappa shape index (κ1) is 25.0. The van der Waals surface area contributed by atoms with E-state index in [4.69, 9.17) is 10.6 Å². The number of aromatic nitrogens is 1. The lowest BCUT2D eigenvalue weighted by Gasteiger charge is -2.40. The Hall–Kier alpha value is -3.66. The number of carbonyl (C=O) groups is 3. The number of hydroxylamine groups is 2. The zero-order valence-electron chi connectivity index (χ0n) is 21.3. The number of nitrogens with one attached hydrogen (secondary N) is 2. The van der Waals surface area contributed by atoms with E-state index < -0.39 is 5.91 Å². The lowest BCUT2D eigenvalue weighted by atomic mass is 9.96. The fourth-order valence-electron chi connectivity index (χ4n) is 5.49. The second kappa shape index (κ2) is 10.4. The Morgan fingerprint density at radius 1 is 1.08 bits per heavy atom. The molecular formula is C27H34N6O4. The molecule has 2 saturated heterocycles. The Balaban J connectivity index is 1.23. The minimum atomic E-state index is -0.508. The number of carbonyl (C=O) groups excluding carboxylic acids is 3. The van der Waals surface area contributed by atoms with E-state index in [1.54, 1.807) is 37.5 Å². The van der Waals surface area contributed by atoms with Crippen molar-refractivity contribution in [2.75, 3.05) is 30.9 Å². The van der Waals surface area contributed by atoms with Gasteiger partial charge in [0.2, 0.25) is 0 Å². The molecule has 2 unspecified atom stereocenters. The summed E-state index contributed by atoms with van der Waals surface area (Å²) in [6.45, 7) is 0.777. The molecule has 4 N–H and O–H groups in total. The molecule has 2 aliphatic heterocycles. The molecule has 1 aromatic heterocycles. The number of hydrogen-bond acceptors (Lipinski definition) is 7. The molecule has 0 spiro atoms. The Morgan fingerprint density at radius 2 is 1.78 bits per heavy atom. The summed E-state index contributed by atoms with van der Waals surface area (Å²) in [5.41, 5.74) is 7.54. The van der Waals surface area contributed by atoms with Gasteiger partial charge in [-0.05, 0) is 74.8 Å². The topological polar surface area (TPSA) is 130 Å². The van der Waals surface area contributed by atoms with Crippen LogP contribution in [-0.4, -0.2) is 66.6 Å². The zero-order valence-corrected chi connectivity index (χ0v) is 21.3. The number of hydrogen-bond donors (Lipinski definition) is 3. The fraction of sp³-hybridized carbons (Fsp3) is 0.481. The molecule has 0 radical (unpaired) electrons. The van der Waals surface area contributed by atoms with Gasteiger partial charge in [-0.25, -0.2) is 10.0 Å². The molecule has 3 amide bonds. The molecule has 3 aliphatic rings. The highest BCUT2D eigenvalue weighted by molar-refractivity contribution is 6.02. The minimum absolute atomic E-state index is 0.0520. The monoisotopic (exact) mass is 506 g/mol. The van der Waals surface area contributed by atoms with Gasteiger partial charge in [-0.2, -0.15) is 0 Å². The first-order chi connectivity index (χ1) is 17.8. The van der Waals surface area contributed by atoms with E-state index in [2.05, 4.69) is 20.5 Å². The van der Waals surface area contributed by atoms with Crippen molar-refractivity contribution in [2.24, 2.45) is 11.7 Å². The summed E-state index contributed by atoms with van der Waals surface area (Å²) in [6.07, 6.45) is 7.67. The van der Waals surface area contributed by atoms with Crippen molar-refractivity contribution in [3.8, 4) is 0 Å². The summed E-state index contributed by atoms with van der Waals surface area (Å²) in [4.78, 5) is 49.1. The van der Waals surface area contributed by atoms with Gasteiger partial charge in [-0.15, -0.1) is 0 Å². The van der Waals surface area contributed by atoms with E-state index in [0.717, 1.165) is 38.0 Å². The van der Waals surface area contributed by atoms with Crippen molar-refractivity contribution in [3.05, 3.63) is 53.2 Å². The number of pyridine rings is 1. The number of benzene rings is 1. The van der Waals surface area contributed by atoms with Gasteiger partial charge >= 0.3 is 0 Å². The number of anilines is 2. The number of primary amides is 1. The third-order valence-corrected chi connectivity index (χ3v) is 7.71. The number of nitrogens with zero attached hydrogens (tertiary/aromatic N) is 3. The van der Waals surface area contributed by atoms with Gasteiger partial charge < -0.3 is 21.3 Å². The lowest BCUT2D eigenvalue weighted by Crippen LogP contribution is -2.50. The van der Waals surface area contributed by atoms with Gasteiger partial charge in [-0.1, -0.05) is 0 Å². The predicted molar refractivity (Wildman–Crippen MR) is 139 cm³/mol. The van der Waals surface area contributed by atoms with Crippen LogP contribution in [-0.2, 0) is 4.84 Å². The highest BCUT2D eigenvalue weighted by Gasteiger charge is 2.42. The van der Waals surface area contributed by atoms with Gasteiger partial charge in [-0.3, -0.25) is 19.2 Å². The maximum atomic E-state index is 13.1. The second-order valence-electron chi connectivity index (χ2n) is 10.3. The highest BCUT2D eigenvalue weighted by Crippen LogP contribution is 2.38. The number of rotatable bonds is 9. The summed E-state index contributed by atoms with van der Waals surface area (Å²) in [6, 6.07) is 9.28. The molecule has 5 rings (SSSR count). The van der Waals surface area contributed by atoms with E-state index in [9.17, 15) is 14.4 Å². The predicted octanol–water partition coefficient (Wildman–Crippen LogP) is 2.57. The summed E-state index contributed by atoms with van der Waals surface area (Å²) in [5, 5.41) is 7.68. The van der Waals surface area contributed by atoms with Crippen molar-refractivity contribution in [1.29, 1.82) is 0 Å². The van der Waals surface area contributed by atoms with Gasteiger partial charge in [0.1, 0.15) is 5.82 Å². The van der Waals surface area contributed by atoms with Crippen LogP contribution in [0.2, 0.25) is 0 Å². The van der Waals surface area contributed by atoms with Crippen LogP contribution in [0.5, 0.6) is 0 Å². The number of piperidine rings is 1. The van der Waals surface area contributed by atoms with Gasteiger partial charge in [0.15, 0.2) is 0 Å². The molecule has 1 saturated carbocycles. The third-order valence-electron chi connectivity index (χ3n) is 7.71. The number of nitrogens with two attached hydrogens (primary N) is 1. The van der Waals surface area contributed by atoms with Crippen LogP contribution in [0.3, 0.4) is 0 Å². The Kier molecular flexibility index (Phi) is 7.01. The Bertz CT molecular complexity index is 1170. The van der Waals surface area contributed by atoms with Gasteiger partial charge in [0.25, 0.3) is 17.7 Å². The molecule has 3 fully saturated rings. The van der Waals surface area contributed by atoms with Crippen LogP contribution in [0.25, 0.3) is 0 Å². The van der Waals surface area contributed by atoms with Crippen LogP contribution in [0, 0.1) is 5.92 Å². The second-order valence-corrected chi connectivity index (χ2v) is 10.3. The highest BCUT2D eigenvalue weighted by atomic mass is 16.7. The fourth-order valence-corrected chi connectivity index (χ4v) is 5.49. The maximum absolute atomic E-state index is 13.1. The molecule has 37 heavy (non-hydrogen) atoms. The van der Waals surface area contributed by atoms with Crippen LogP contribution in [0.1, 0.15) is 69.6 Å². The molecule has 1 aromatic carbocycles. The third kappa shape index (κ3) is 5.39. The van der Waals surface area contributed by atoms with E-state index in [1.165, 1.54) is 25.0 Å². The Labute approximate surface area is 216 Å². The molecule has 3 heterocycles. The van der Waals surface area contributed by atoms with Crippen LogP contribution < -0.4 is 21.3 Å². The van der Waals surface area contributed by atoms with Crippen molar-refractivity contribution in [2.45, 2.75) is 56.7 Å². The van der Waals surface area contributed by atoms with Crippen LogP contribution >= 0.6 is 0 Å². The minimum Gasteiger partial charge on any atom is -0.384 e. The quantitative estimate of drug-likeness (QED) is 0.446. The zero-order chi connectivity index (χ0) is 26.1. The van der Waals surface area contributed by atoms with E-state index >= 15 is 0 Å². The number of fused-ring (bicyclic) bond motifs is 2. The van der Waals surface area contributed by atoms with Crippen LogP contribution in [0.4, 0.5) is 11.5 Å². The SMILES string of the molecule is CON(C)C(=O)c1ccc(N2C3CCC2CC(NC(=O)c2ccc(C(N)=O)c(NCC4CC4)c2)C3)nc1. The Morgan fingerprint density at radius 3 is 2.38 bits per heavy atom. The summed E-state index contributed by atoms with van der Waals surface area (Å²) in [7, 11) is 3.01. The molecule has 2 atom stereocenters. The van der Waals surface area contributed by atoms with E-state index in [-0.39, 0.29) is 29.9 Å². The molecule has 2 aromatic rings. The van der Waals surface area contributed by atoms with Crippen molar-refractivity contribution >= 4 is 29.2 Å². The van der Waals surface area contributed by atoms with E-state index in [0.29, 0.717) is 28.3 Å². The summed E-state index contributed by atoms with van der Waals surface area (Å²) < 4.78 is 0. The molecule has 10 heteroatoms.